The summed E-state index contributed by atoms with van der Waals surface area (Å²) in [7, 11) is 0. The van der Waals surface area contributed by atoms with Gasteiger partial charge in [-0.15, -0.1) is 0 Å². The lowest BCUT2D eigenvalue weighted by atomic mass is 10.1. The molecule has 0 amide bonds. The Bertz CT molecular complexity index is 338. The van der Waals surface area contributed by atoms with Crippen LogP contribution in [0.3, 0.4) is 0 Å². The Labute approximate surface area is 81.3 Å². The van der Waals surface area contributed by atoms with Gasteiger partial charge < -0.3 is 10.3 Å². The molecule has 1 rings (SSSR count). The molecule has 0 radical (unpaired) electrons. The van der Waals surface area contributed by atoms with Gasteiger partial charge in [-0.3, -0.25) is 0 Å². The van der Waals surface area contributed by atoms with Gasteiger partial charge >= 0.3 is 0 Å². The van der Waals surface area contributed by atoms with E-state index in [1.165, 1.54) is 0 Å². The van der Waals surface area contributed by atoms with E-state index in [0.717, 1.165) is 0 Å². The van der Waals surface area contributed by atoms with E-state index in [-0.39, 0.29) is 10.9 Å². The Morgan fingerprint density at radius 2 is 1.77 bits per heavy atom. The van der Waals surface area contributed by atoms with Gasteiger partial charge in [-0.25, -0.2) is 0 Å². The van der Waals surface area contributed by atoms with E-state index in [4.69, 9.17) is 16.8 Å². The van der Waals surface area contributed by atoms with Crippen molar-refractivity contribution in [3.8, 4) is 5.75 Å². The Kier molecular flexibility index (Phi) is 2.78. The number of aryl methyl sites for hydroxylation is 2. The van der Waals surface area contributed by atoms with Gasteiger partial charge in [-0.1, -0.05) is 16.8 Å². The van der Waals surface area contributed by atoms with E-state index >= 15 is 0 Å². The first-order valence-corrected chi connectivity index (χ1v) is 4.12. The number of hydrogen-bond acceptors (Lipinski definition) is 3. The molecule has 0 saturated heterocycles. The van der Waals surface area contributed by atoms with Crippen LogP contribution in [0.2, 0.25) is 0 Å². The molecule has 3 nitrogen and oxygen atoms in total. The second kappa shape index (κ2) is 3.66. The summed E-state index contributed by atoms with van der Waals surface area (Å²) in [6, 6.07) is 3.31. The van der Waals surface area contributed by atoms with Gasteiger partial charge in [0.2, 0.25) is 0 Å². The van der Waals surface area contributed by atoms with Gasteiger partial charge in [0.15, 0.2) is 5.17 Å². The third-order valence-electron chi connectivity index (χ3n) is 1.82. The minimum Gasteiger partial charge on any atom is -0.507 e. The molecule has 0 aliphatic carbocycles. The maximum Gasteiger partial charge on any atom is 0.175 e. The Hall–Kier alpha value is -1.22. The second-order valence-electron chi connectivity index (χ2n) is 2.85. The van der Waals surface area contributed by atoms with Crippen LogP contribution in [0.15, 0.2) is 17.3 Å². The predicted molar refractivity (Wildman–Crippen MR) is 51.8 cm³/mol. The maximum atomic E-state index is 9.44. The van der Waals surface area contributed by atoms with Crippen LogP contribution in [-0.4, -0.2) is 15.5 Å². The highest BCUT2D eigenvalue weighted by Crippen LogP contribution is 2.23. The molecule has 0 unspecified atom stereocenters. The lowest BCUT2D eigenvalue weighted by Gasteiger charge is -2.05. The van der Waals surface area contributed by atoms with E-state index in [0.29, 0.717) is 16.7 Å². The summed E-state index contributed by atoms with van der Waals surface area (Å²) in [5.74, 6) is 0.242. The molecule has 0 heterocycles. The van der Waals surface area contributed by atoms with Crippen LogP contribution in [0.5, 0.6) is 5.75 Å². The molecular formula is C9H10ClNO2. The molecule has 0 saturated carbocycles. The molecule has 1 aromatic carbocycles. The topological polar surface area (TPSA) is 52.8 Å². The van der Waals surface area contributed by atoms with Crippen molar-refractivity contribution in [3.63, 3.8) is 0 Å². The fourth-order valence-electron chi connectivity index (χ4n) is 1.13. The summed E-state index contributed by atoms with van der Waals surface area (Å²) in [6.45, 7) is 3.51. The standard InChI is InChI=1S/C9H10ClNO2/c1-5-3-7(9(10)11-13)4-6(2)8(5)12/h3-4,12-13H,1-2H3/b11-9-. The number of halogens is 1. The fraction of sp³-hybridized carbons (Fsp3) is 0.222. The van der Waals surface area contributed by atoms with Crippen LogP contribution in [0.25, 0.3) is 0 Å². The molecule has 70 valence electrons. The molecule has 0 fully saturated rings. The van der Waals surface area contributed by atoms with Gasteiger partial charge in [0.25, 0.3) is 0 Å². The molecule has 4 heteroatoms. The van der Waals surface area contributed by atoms with E-state index in [9.17, 15) is 5.11 Å². The summed E-state index contributed by atoms with van der Waals surface area (Å²) in [4.78, 5) is 0. The molecular weight excluding hydrogens is 190 g/mol. The van der Waals surface area contributed by atoms with Crippen LogP contribution in [0.1, 0.15) is 16.7 Å². The Morgan fingerprint density at radius 1 is 1.31 bits per heavy atom. The first kappa shape index (κ1) is 9.86. The van der Waals surface area contributed by atoms with E-state index < -0.39 is 0 Å². The number of nitrogens with zero attached hydrogens (tertiary/aromatic N) is 1. The van der Waals surface area contributed by atoms with Crippen molar-refractivity contribution in [1.29, 1.82) is 0 Å². The van der Waals surface area contributed by atoms with Crippen LogP contribution in [0.4, 0.5) is 0 Å². The molecule has 1 aromatic rings. The summed E-state index contributed by atoms with van der Waals surface area (Å²) >= 11 is 5.61. The predicted octanol–water partition coefficient (Wildman–Crippen LogP) is 2.38. The minimum atomic E-state index is 0.0196. The first-order chi connectivity index (χ1) is 6.06. The van der Waals surface area contributed by atoms with Crippen molar-refractivity contribution < 1.29 is 10.3 Å². The van der Waals surface area contributed by atoms with E-state index in [1.54, 1.807) is 26.0 Å². The third-order valence-corrected chi connectivity index (χ3v) is 2.11. The van der Waals surface area contributed by atoms with Gasteiger partial charge in [-0.2, -0.15) is 0 Å². The number of hydrogen-bond donors (Lipinski definition) is 2. The number of rotatable bonds is 1. The van der Waals surface area contributed by atoms with Gasteiger partial charge in [0.1, 0.15) is 5.75 Å². The average molecular weight is 200 g/mol. The van der Waals surface area contributed by atoms with Crippen LogP contribution >= 0.6 is 11.6 Å². The lowest BCUT2D eigenvalue weighted by Crippen LogP contribution is -1.93. The number of phenolic OH excluding ortho intramolecular Hbond substituents is 1. The Morgan fingerprint density at radius 3 is 2.15 bits per heavy atom. The zero-order valence-electron chi connectivity index (χ0n) is 7.37. The molecule has 0 bridgehead atoms. The van der Waals surface area contributed by atoms with Crippen molar-refractivity contribution in [1.82, 2.24) is 0 Å². The van der Waals surface area contributed by atoms with Crippen molar-refractivity contribution in [2.24, 2.45) is 5.16 Å². The van der Waals surface area contributed by atoms with E-state index in [2.05, 4.69) is 5.16 Å². The summed E-state index contributed by atoms with van der Waals surface area (Å²) in [5, 5.41) is 20.8. The zero-order valence-corrected chi connectivity index (χ0v) is 8.13. The van der Waals surface area contributed by atoms with Gasteiger partial charge in [-0.05, 0) is 37.1 Å². The smallest absolute Gasteiger partial charge is 0.175 e. The molecule has 0 spiro atoms. The normalized spacial score (nSPS) is 11.8. The van der Waals surface area contributed by atoms with Gasteiger partial charge in [0, 0.05) is 5.56 Å². The van der Waals surface area contributed by atoms with Crippen molar-refractivity contribution >= 4 is 16.8 Å². The third kappa shape index (κ3) is 1.92. The van der Waals surface area contributed by atoms with Crippen LogP contribution < -0.4 is 0 Å². The number of aromatic hydroxyl groups is 1. The highest BCUT2D eigenvalue weighted by atomic mass is 35.5. The summed E-state index contributed by atoms with van der Waals surface area (Å²) in [6.07, 6.45) is 0. The summed E-state index contributed by atoms with van der Waals surface area (Å²) in [5.41, 5.74) is 2.01. The number of oxime groups is 1. The van der Waals surface area contributed by atoms with Crippen LogP contribution in [0, 0.1) is 13.8 Å². The molecule has 13 heavy (non-hydrogen) atoms. The maximum absolute atomic E-state index is 9.44. The van der Waals surface area contributed by atoms with Crippen molar-refractivity contribution in [2.45, 2.75) is 13.8 Å². The minimum absolute atomic E-state index is 0.0196. The largest absolute Gasteiger partial charge is 0.507 e. The van der Waals surface area contributed by atoms with E-state index in [1.807, 2.05) is 0 Å². The van der Waals surface area contributed by atoms with Gasteiger partial charge in [0.05, 0.1) is 0 Å². The fourth-order valence-corrected chi connectivity index (χ4v) is 1.24. The Balaban J connectivity index is 3.29. The molecule has 0 aromatic heterocycles. The lowest BCUT2D eigenvalue weighted by molar-refractivity contribution is 0.321. The molecule has 2 N–H and O–H groups in total. The highest BCUT2D eigenvalue weighted by molar-refractivity contribution is 6.69. The van der Waals surface area contributed by atoms with Crippen molar-refractivity contribution in [3.05, 3.63) is 28.8 Å². The SMILES string of the molecule is Cc1cc(/C(Cl)=N/O)cc(C)c1O. The number of benzene rings is 1. The molecule has 0 aliphatic rings. The number of phenols is 1. The zero-order chi connectivity index (χ0) is 10.0. The van der Waals surface area contributed by atoms with Crippen molar-refractivity contribution in [2.75, 3.05) is 0 Å². The summed E-state index contributed by atoms with van der Waals surface area (Å²) < 4.78 is 0. The molecule has 0 atom stereocenters. The average Bonchev–Trinajstić information content (AvgIpc) is 2.12. The highest BCUT2D eigenvalue weighted by Gasteiger charge is 2.06. The second-order valence-corrected chi connectivity index (χ2v) is 3.21. The first-order valence-electron chi connectivity index (χ1n) is 3.74. The monoisotopic (exact) mass is 199 g/mol. The quantitative estimate of drug-likeness (QED) is 0.415. The van der Waals surface area contributed by atoms with Crippen LogP contribution in [-0.2, 0) is 0 Å². The molecule has 0 aliphatic heterocycles.